The van der Waals surface area contributed by atoms with E-state index in [0.29, 0.717) is 10.8 Å². The van der Waals surface area contributed by atoms with Crippen LogP contribution in [-0.2, 0) is 15.1 Å². The zero-order valence-electron chi connectivity index (χ0n) is 13.9. The van der Waals surface area contributed by atoms with Crippen LogP contribution in [-0.4, -0.2) is 56.1 Å². The molecule has 0 aliphatic carbocycles. The normalized spacial score (nSPS) is 33.0. The van der Waals surface area contributed by atoms with E-state index >= 15 is 0 Å². The van der Waals surface area contributed by atoms with E-state index in [1.165, 1.54) is 6.07 Å². The van der Waals surface area contributed by atoms with Crippen molar-refractivity contribution in [3.05, 3.63) is 48.0 Å². The van der Waals surface area contributed by atoms with Gasteiger partial charge in [-0.25, -0.2) is 4.79 Å². The summed E-state index contributed by atoms with van der Waals surface area (Å²) in [6.07, 6.45) is -7.62. The van der Waals surface area contributed by atoms with E-state index in [2.05, 4.69) is 0 Å². The first-order valence-electron chi connectivity index (χ1n) is 7.01. The summed E-state index contributed by atoms with van der Waals surface area (Å²) < 4.78 is 5.12. The molecular weight excluding hydrogens is 327 g/mol. The largest absolute Gasteiger partial charge is 1.00 e. The summed E-state index contributed by atoms with van der Waals surface area (Å²) in [4.78, 5) is 11.9. The van der Waals surface area contributed by atoms with Gasteiger partial charge in [0.05, 0.1) is 0 Å². The van der Waals surface area contributed by atoms with Crippen LogP contribution in [0.15, 0.2) is 42.5 Å². The molecule has 0 radical (unpaired) electrons. The smallest absolute Gasteiger partial charge is 1.00 e. The third-order valence-corrected chi connectivity index (χ3v) is 4.20. The predicted molar refractivity (Wildman–Crippen MR) is 79.5 cm³/mol. The predicted octanol–water partition coefficient (Wildman–Crippen LogP) is -3.33. The number of hydrogen-bond donors (Lipinski definition) is 5. The van der Waals surface area contributed by atoms with Crippen LogP contribution in [0.1, 0.15) is 6.99 Å². The third kappa shape index (κ3) is 2.77. The molecule has 0 aromatic heterocycles. The van der Waals surface area contributed by atoms with Gasteiger partial charge >= 0.3 is 35.5 Å². The molecule has 5 N–H and O–H groups in total. The van der Waals surface area contributed by atoms with Crippen LogP contribution in [0.3, 0.4) is 0 Å². The first kappa shape index (κ1) is 19.3. The number of aliphatic hydroxyl groups excluding tert-OH is 4. The second kappa shape index (κ2) is 7.07. The van der Waals surface area contributed by atoms with Crippen LogP contribution in [0.4, 0.5) is 0 Å². The van der Waals surface area contributed by atoms with Gasteiger partial charge in [0.1, 0.15) is 18.3 Å². The molecule has 1 fully saturated rings. The molecule has 0 unspecified atom stereocenters. The molecule has 1 heterocycles. The maximum atomic E-state index is 11.9. The van der Waals surface area contributed by atoms with E-state index in [-0.39, 0.29) is 36.5 Å². The van der Waals surface area contributed by atoms with Crippen molar-refractivity contribution in [1.82, 2.24) is 0 Å². The number of carboxylic acid groups (broad SMARTS) is 1. The van der Waals surface area contributed by atoms with Crippen LogP contribution in [0, 0.1) is 0 Å². The summed E-state index contributed by atoms with van der Waals surface area (Å²) in [5.74, 6) is -1.58. The van der Waals surface area contributed by atoms with E-state index in [9.17, 15) is 30.3 Å². The van der Waals surface area contributed by atoms with Crippen LogP contribution >= 0.6 is 0 Å². The van der Waals surface area contributed by atoms with Gasteiger partial charge in [-0.2, -0.15) is 0 Å². The Morgan fingerprint density at radius 3 is 2.29 bits per heavy atom. The topological polar surface area (TPSA) is 127 Å². The molecule has 2 aromatic rings. The van der Waals surface area contributed by atoms with Gasteiger partial charge in [0, 0.05) is 5.56 Å². The van der Waals surface area contributed by atoms with Crippen LogP contribution in [0.2, 0.25) is 0 Å². The molecule has 8 heteroatoms. The zero-order chi connectivity index (χ0) is 16.8. The van der Waals surface area contributed by atoms with E-state index in [0.717, 1.165) is 0 Å². The Labute approximate surface area is 160 Å². The molecular formula is C16H17NaO7. The minimum absolute atomic E-state index is 0. The maximum Gasteiger partial charge on any atom is 1.00 e. The fourth-order valence-corrected chi connectivity index (χ4v) is 2.99. The molecule has 124 valence electrons. The molecule has 5 atom stereocenters. The summed E-state index contributed by atoms with van der Waals surface area (Å²) in [5, 5.41) is 50.6. The Morgan fingerprint density at radius 1 is 1.00 bits per heavy atom. The van der Waals surface area contributed by atoms with Crippen molar-refractivity contribution >= 4 is 16.7 Å². The first-order chi connectivity index (χ1) is 10.9. The minimum Gasteiger partial charge on any atom is -1.00 e. The Hall–Kier alpha value is -1.03. The fourth-order valence-electron chi connectivity index (χ4n) is 2.99. The van der Waals surface area contributed by atoms with Gasteiger partial charge in [-0.05, 0) is 10.8 Å². The number of fused-ring (bicyclic) bond motifs is 1. The maximum absolute atomic E-state index is 11.9. The van der Waals surface area contributed by atoms with Crippen LogP contribution < -0.4 is 29.6 Å². The average Bonchev–Trinajstić information content (AvgIpc) is 2.55. The van der Waals surface area contributed by atoms with Crippen molar-refractivity contribution in [3.8, 4) is 0 Å². The number of aliphatic carboxylic acids is 1. The molecule has 0 bridgehead atoms. The van der Waals surface area contributed by atoms with E-state index in [4.69, 9.17) is 4.74 Å². The molecule has 1 aliphatic rings. The molecule has 24 heavy (non-hydrogen) atoms. The average molecular weight is 344 g/mol. The second-order valence-electron chi connectivity index (χ2n) is 5.50. The van der Waals surface area contributed by atoms with E-state index in [1.54, 1.807) is 36.4 Å². The van der Waals surface area contributed by atoms with Gasteiger partial charge < -0.3 is 31.7 Å². The second-order valence-corrected chi connectivity index (χ2v) is 5.50. The number of ether oxygens (including phenoxy) is 1. The Balaban J connectivity index is 0.00000156. The molecule has 0 spiro atoms. The molecule has 3 rings (SSSR count). The van der Waals surface area contributed by atoms with Gasteiger partial charge in [0.25, 0.3) is 0 Å². The van der Waals surface area contributed by atoms with Gasteiger partial charge in [-0.3, -0.25) is 0 Å². The SMILES string of the molecule is O=C(O)[C@@]1(c2cccc3ccccc23)O[C@@H](O)[C@H](O)[C@@H](O)[C@@H]1O.[H-].[Na+]. The molecule has 1 saturated heterocycles. The molecule has 2 aromatic carbocycles. The Morgan fingerprint density at radius 2 is 1.62 bits per heavy atom. The first-order valence-corrected chi connectivity index (χ1v) is 7.01. The quantitative estimate of drug-likeness (QED) is 0.361. The van der Waals surface area contributed by atoms with Crippen molar-refractivity contribution in [3.63, 3.8) is 0 Å². The number of rotatable bonds is 2. The van der Waals surface area contributed by atoms with E-state index in [1.807, 2.05) is 0 Å². The number of carboxylic acids is 1. The molecule has 1 aliphatic heterocycles. The molecule has 7 nitrogen and oxygen atoms in total. The molecule has 0 amide bonds. The van der Waals surface area contributed by atoms with Crippen molar-refractivity contribution in [2.45, 2.75) is 30.2 Å². The summed E-state index contributed by atoms with van der Waals surface area (Å²) in [6, 6.07) is 11.6. The van der Waals surface area contributed by atoms with Crippen LogP contribution in [0.25, 0.3) is 10.8 Å². The van der Waals surface area contributed by atoms with Crippen molar-refractivity contribution < 1.29 is 66.0 Å². The summed E-state index contributed by atoms with van der Waals surface area (Å²) >= 11 is 0. The van der Waals surface area contributed by atoms with Crippen LogP contribution in [0.5, 0.6) is 0 Å². The Kier molecular flexibility index (Phi) is 5.68. The van der Waals surface area contributed by atoms with Crippen molar-refractivity contribution in [1.29, 1.82) is 0 Å². The Bertz CT molecular complexity index is 753. The number of hydrogen-bond acceptors (Lipinski definition) is 6. The van der Waals surface area contributed by atoms with Crippen molar-refractivity contribution in [2.75, 3.05) is 0 Å². The number of aliphatic hydroxyl groups is 4. The van der Waals surface area contributed by atoms with Gasteiger partial charge in [-0.15, -0.1) is 0 Å². The number of carbonyl (C=O) groups is 1. The molecule has 0 saturated carbocycles. The monoisotopic (exact) mass is 344 g/mol. The summed E-state index contributed by atoms with van der Waals surface area (Å²) in [6.45, 7) is 0. The zero-order valence-corrected chi connectivity index (χ0v) is 14.9. The van der Waals surface area contributed by atoms with Gasteiger partial charge in [0.15, 0.2) is 6.29 Å². The van der Waals surface area contributed by atoms with Gasteiger partial charge in [0.2, 0.25) is 5.60 Å². The standard InChI is InChI=1S/C16H16O7.Na.H/c17-11-12(18)14(20)23-16(13(11)19,15(21)22)10-7-3-5-8-4-1-2-6-9(8)10;;/h1-7,11-14,17-20H,(H,21,22);;/q;+1;-1/t11-,12-,13+,14-,16+;;/m1../s1. The van der Waals surface area contributed by atoms with Gasteiger partial charge in [-0.1, -0.05) is 42.5 Å². The summed E-state index contributed by atoms with van der Waals surface area (Å²) in [7, 11) is 0. The number of benzene rings is 2. The van der Waals surface area contributed by atoms with E-state index < -0.39 is 36.2 Å². The fraction of sp³-hybridized carbons (Fsp3) is 0.312. The van der Waals surface area contributed by atoms with Crippen molar-refractivity contribution in [2.24, 2.45) is 0 Å². The minimum atomic E-state index is -2.40. The summed E-state index contributed by atoms with van der Waals surface area (Å²) in [5.41, 5.74) is -2.32. The third-order valence-electron chi connectivity index (χ3n) is 4.20.